The molecule has 1 heterocycles. The topological polar surface area (TPSA) is 21.3 Å². The fourth-order valence-corrected chi connectivity index (χ4v) is 2.60. The van der Waals surface area contributed by atoms with E-state index < -0.39 is 0 Å². The average Bonchev–Trinajstić information content (AvgIpc) is 2.44. The van der Waals surface area contributed by atoms with E-state index in [1.165, 1.54) is 22.3 Å². The molecule has 0 aliphatic carbocycles. The number of benzene rings is 1. The van der Waals surface area contributed by atoms with Gasteiger partial charge in [0.2, 0.25) is 0 Å². The van der Waals surface area contributed by atoms with Crippen LogP contribution >= 0.6 is 0 Å². The molecule has 1 aromatic rings. The first kappa shape index (κ1) is 11.6. The zero-order chi connectivity index (χ0) is 11.5. The largest absolute Gasteiger partial charge is 0.372 e. The van der Waals surface area contributed by atoms with Gasteiger partial charge in [0.05, 0.1) is 6.10 Å². The first-order chi connectivity index (χ1) is 7.68. The molecule has 1 saturated heterocycles. The molecule has 2 heteroatoms. The van der Waals surface area contributed by atoms with Gasteiger partial charge in [-0.2, -0.15) is 0 Å². The van der Waals surface area contributed by atoms with Crippen molar-refractivity contribution in [3.63, 3.8) is 0 Å². The van der Waals surface area contributed by atoms with Crippen molar-refractivity contribution in [3.8, 4) is 0 Å². The second-order valence-corrected chi connectivity index (χ2v) is 4.73. The van der Waals surface area contributed by atoms with Crippen molar-refractivity contribution in [2.45, 2.75) is 33.3 Å². The fraction of sp³-hybridized carbons (Fsp3) is 0.571. The highest BCUT2D eigenvalue weighted by Crippen LogP contribution is 2.26. The monoisotopic (exact) mass is 219 g/mol. The maximum atomic E-state index is 5.93. The van der Waals surface area contributed by atoms with Gasteiger partial charge >= 0.3 is 0 Å². The molecule has 0 aromatic heterocycles. The summed E-state index contributed by atoms with van der Waals surface area (Å²) in [6.45, 7) is 9.39. The molecule has 0 amide bonds. The second-order valence-electron chi connectivity index (χ2n) is 4.73. The summed E-state index contributed by atoms with van der Waals surface area (Å²) in [6.07, 6.45) is 1.34. The molecule has 1 unspecified atom stereocenters. The average molecular weight is 219 g/mol. The summed E-state index contributed by atoms with van der Waals surface area (Å²) in [5.41, 5.74) is 5.41. The zero-order valence-electron chi connectivity index (χ0n) is 10.5. The van der Waals surface area contributed by atoms with Crippen LogP contribution in [0.5, 0.6) is 0 Å². The molecule has 0 saturated carbocycles. The maximum absolute atomic E-state index is 5.93. The van der Waals surface area contributed by atoms with E-state index in [9.17, 15) is 0 Å². The summed E-state index contributed by atoms with van der Waals surface area (Å²) in [7, 11) is 0. The molecule has 1 atom stereocenters. The van der Waals surface area contributed by atoms with Crippen molar-refractivity contribution in [3.05, 3.63) is 34.4 Å². The molecule has 2 nitrogen and oxygen atoms in total. The summed E-state index contributed by atoms with van der Waals surface area (Å²) in [4.78, 5) is 0. The Morgan fingerprint density at radius 3 is 2.56 bits per heavy atom. The summed E-state index contributed by atoms with van der Waals surface area (Å²) < 4.78 is 5.93. The maximum Gasteiger partial charge on any atom is 0.0954 e. The van der Waals surface area contributed by atoms with E-state index >= 15 is 0 Å². The minimum atomic E-state index is 0.225. The lowest BCUT2D eigenvalue weighted by atomic mass is 9.95. The summed E-state index contributed by atoms with van der Waals surface area (Å²) in [5, 5.41) is 3.44. The van der Waals surface area contributed by atoms with Gasteiger partial charge in [0.15, 0.2) is 0 Å². The van der Waals surface area contributed by atoms with E-state index in [1.807, 2.05) is 0 Å². The van der Waals surface area contributed by atoms with E-state index in [0.29, 0.717) is 0 Å². The lowest BCUT2D eigenvalue weighted by Gasteiger charge is -2.20. The molecule has 1 aromatic carbocycles. The number of rotatable bonds is 1. The Labute approximate surface area is 98.0 Å². The van der Waals surface area contributed by atoms with Gasteiger partial charge in [-0.05, 0) is 50.4 Å². The third-order valence-electron chi connectivity index (χ3n) is 3.21. The van der Waals surface area contributed by atoms with Crippen molar-refractivity contribution in [2.75, 3.05) is 19.7 Å². The summed E-state index contributed by atoms with van der Waals surface area (Å²) in [5.74, 6) is 0. The molecule has 1 N–H and O–H groups in total. The second kappa shape index (κ2) is 4.98. The van der Waals surface area contributed by atoms with Crippen LogP contribution in [0, 0.1) is 20.8 Å². The Hall–Kier alpha value is -0.860. The number of ether oxygens (including phenoxy) is 1. The molecule has 1 fully saturated rings. The fourth-order valence-electron chi connectivity index (χ4n) is 2.60. The van der Waals surface area contributed by atoms with E-state index in [0.717, 1.165) is 26.1 Å². The Balaban J connectivity index is 2.31. The molecule has 16 heavy (non-hydrogen) atoms. The standard InChI is InChI=1S/C14H21NO/c1-10-7-11(2)14(12(3)8-10)13-9-15-5-4-6-16-13/h7-8,13,15H,4-6,9H2,1-3H3. The van der Waals surface area contributed by atoms with Crippen molar-refractivity contribution >= 4 is 0 Å². The van der Waals surface area contributed by atoms with Gasteiger partial charge in [-0.15, -0.1) is 0 Å². The van der Waals surface area contributed by atoms with E-state index in [1.54, 1.807) is 0 Å². The number of nitrogens with one attached hydrogen (secondary N) is 1. The van der Waals surface area contributed by atoms with E-state index in [4.69, 9.17) is 4.74 Å². The molecular weight excluding hydrogens is 198 g/mol. The van der Waals surface area contributed by atoms with E-state index in [-0.39, 0.29) is 6.10 Å². The minimum absolute atomic E-state index is 0.225. The van der Waals surface area contributed by atoms with E-state index in [2.05, 4.69) is 38.2 Å². The van der Waals surface area contributed by atoms with Crippen molar-refractivity contribution in [1.82, 2.24) is 5.32 Å². The minimum Gasteiger partial charge on any atom is -0.372 e. The van der Waals surface area contributed by atoms with Crippen LogP contribution in [0.2, 0.25) is 0 Å². The van der Waals surface area contributed by atoms with Crippen LogP contribution in [-0.2, 0) is 4.74 Å². The Bertz CT molecular complexity index is 342. The van der Waals surface area contributed by atoms with Crippen LogP contribution in [0.1, 0.15) is 34.8 Å². The SMILES string of the molecule is Cc1cc(C)c(C2CNCCCO2)c(C)c1. The molecule has 0 bridgehead atoms. The molecule has 88 valence electrons. The van der Waals surface area contributed by atoms with Gasteiger partial charge in [-0.3, -0.25) is 0 Å². The van der Waals surface area contributed by atoms with Gasteiger partial charge in [-0.25, -0.2) is 0 Å². The summed E-state index contributed by atoms with van der Waals surface area (Å²) in [6, 6.07) is 4.49. The predicted octanol–water partition coefficient (Wildman–Crippen LogP) is 2.66. The van der Waals surface area contributed by atoms with Crippen molar-refractivity contribution in [1.29, 1.82) is 0 Å². The van der Waals surface area contributed by atoms with Crippen LogP contribution in [-0.4, -0.2) is 19.7 Å². The first-order valence-electron chi connectivity index (χ1n) is 6.08. The molecule has 1 aliphatic heterocycles. The van der Waals surface area contributed by atoms with Crippen LogP contribution in [0.15, 0.2) is 12.1 Å². The normalized spacial score (nSPS) is 21.8. The third-order valence-corrected chi connectivity index (χ3v) is 3.21. The molecule has 0 radical (unpaired) electrons. The Morgan fingerprint density at radius 1 is 1.19 bits per heavy atom. The molecule has 1 aliphatic rings. The summed E-state index contributed by atoms with van der Waals surface area (Å²) >= 11 is 0. The van der Waals surface area contributed by atoms with Crippen LogP contribution in [0.4, 0.5) is 0 Å². The van der Waals surface area contributed by atoms with Crippen LogP contribution in [0.3, 0.4) is 0 Å². The van der Waals surface area contributed by atoms with Gasteiger partial charge in [0.1, 0.15) is 0 Å². The molecule has 2 rings (SSSR count). The Morgan fingerprint density at radius 2 is 1.88 bits per heavy atom. The highest BCUT2D eigenvalue weighted by molar-refractivity contribution is 5.39. The van der Waals surface area contributed by atoms with Crippen molar-refractivity contribution in [2.24, 2.45) is 0 Å². The van der Waals surface area contributed by atoms with Crippen molar-refractivity contribution < 1.29 is 4.74 Å². The van der Waals surface area contributed by atoms with Gasteiger partial charge in [-0.1, -0.05) is 17.7 Å². The Kier molecular flexibility index (Phi) is 3.62. The zero-order valence-corrected chi connectivity index (χ0v) is 10.5. The van der Waals surface area contributed by atoms with Gasteiger partial charge < -0.3 is 10.1 Å². The number of hydrogen-bond donors (Lipinski definition) is 1. The lowest BCUT2D eigenvalue weighted by Crippen LogP contribution is -2.21. The highest BCUT2D eigenvalue weighted by atomic mass is 16.5. The third kappa shape index (κ3) is 2.45. The predicted molar refractivity (Wildman–Crippen MR) is 66.8 cm³/mol. The number of hydrogen-bond acceptors (Lipinski definition) is 2. The first-order valence-corrected chi connectivity index (χ1v) is 6.08. The van der Waals surface area contributed by atoms with Crippen LogP contribution < -0.4 is 5.32 Å². The van der Waals surface area contributed by atoms with Gasteiger partial charge in [0.25, 0.3) is 0 Å². The smallest absolute Gasteiger partial charge is 0.0954 e. The lowest BCUT2D eigenvalue weighted by molar-refractivity contribution is 0.0660. The molecule has 0 spiro atoms. The van der Waals surface area contributed by atoms with Gasteiger partial charge in [0, 0.05) is 13.2 Å². The number of aryl methyl sites for hydroxylation is 3. The molecular formula is C14H21NO. The highest BCUT2D eigenvalue weighted by Gasteiger charge is 2.18. The quantitative estimate of drug-likeness (QED) is 0.784. The van der Waals surface area contributed by atoms with Crippen LogP contribution in [0.25, 0.3) is 0 Å².